The third-order valence-electron chi connectivity index (χ3n) is 5.07. The van der Waals surface area contributed by atoms with E-state index >= 15 is 0 Å². The zero-order chi connectivity index (χ0) is 20.3. The van der Waals surface area contributed by atoms with Crippen LogP contribution in [-0.4, -0.2) is 5.91 Å². The smallest absolute Gasteiger partial charge is 0.220 e. The molecule has 0 unspecified atom stereocenters. The fourth-order valence-electron chi connectivity index (χ4n) is 3.25. The Kier molecular flexibility index (Phi) is 15.7. The maximum absolute atomic E-state index is 11.9. The van der Waals surface area contributed by atoms with Crippen molar-refractivity contribution in [1.29, 1.82) is 0 Å². The lowest BCUT2D eigenvalue weighted by atomic mass is 10.1. The van der Waals surface area contributed by atoms with Crippen LogP contribution in [0.3, 0.4) is 0 Å². The molecule has 3 heteroatoms. The molecule has 0 aliphatic carbocycles. The highest BCUT2D eigenvalue weighted by molar-refractivity contribution is 6.30. The van der Waals surface area contributed by atoms with E-state index in [4.69, 9.17) is 11.6 Å². The summed E-state index contributed by atoms with van der Waals surface area (Å²) in [6.45, 7) is 2.85. The van der Waals surface area contributed by atoms with Gasteiger partial charge in [-0.3, -0.25) is 4.79 Å². The first-order chi connectivity index (χ1) is 13.7. The predicted molar refractivity (Wildman–Crippen MR) is 123 cm³/mol. The molecule has 1 N–H and O–H groups in total. The number of carbonyl (C=O) groups excluding carboxylic acids is 1. The number of halogens is 1. The predicted octanol–water partition coefficient (Wildman–Crippen LogP) is 7.99. The minimum absolute atomic E-state index is 0.146. The van der Waals surface area contributed by atoms with Gasteiger partial charge in [0.25, 0.3) is 0 Å². The van der Waals surface area contributed by atoms with Crippen molar-refractivity contribution < 1.29 is 4.79 Å². The zero-order valence-electron chi connectivity index (χ0n) is 17.9. The van der Waals surface area contributed by atoms with Crippen LogP contribution in [0.5, 0.6) is 0 Å². The van der Waals surface area contributed by atoms with Crippen molar-refractivity contribution in [2.24, 2.45) is 0 Å². The number of carbonyl (C=O) groups is 1. The second-order valence-electron chi connectivity index (χ2n) is 7.74. The lowest BCUT2D eigenvalue weighted by molar-refractivity contribution is -0.121. The summed E-state index contributed by atoms with van der Waals surface area (Å²) >= 11 is 5.86. The Bertz CT molecular complexity index is 524. The number of unbranched alkanes of at least 4 members (excludes halogenated alkanes) is 11. The van der Waals surface area contributed by atoms with Crippen LogP contribution in [-0.2, 0) is 11.3 Å². The largest absolute Gasteiger partial charge is 0.352 e. The third kappa shape index (κ3) is 14.7. The second kappa shape index (κ2) is 17.8. The van der Waals surface area contributed by atoms with Gasteiger partial charge in [-0.15, -0.1) is 0 Å². The lowest BCUT2D eigenvalue weighted by Crippen LogP contribution is -2.22. The average molecular weight is 406 g/mol. The molecule has 1 aromatic rings. The first-order valence-electron chi connectivity index (χ1n) is 11.4. The third-order valence-corrected chi connectivity index (χ3v) is 5.32. The molecule has 0 aliphatic heterocycles. The highest BCUT2D eigenvalue weighted by Crippen LogP contribution is 2.11. The van der Waals surface area contributed by atoms with E-state index < -0.39 is 0 Å². The molecule has 0 fully saturated rings. The highest BCUT2D eigenvalue weighted by atomic mass is 35.5. The van der Waals surface area contributed by atoms with Gasteiger partial charge in [0.1, 0.15) is 0 Å². The van der Waals surface area contributed by atoms with Crippen molar-refractivity contribution in [2.45, 2.75) is 103 Å². The maximum Gasteiger partial charge on any atom is 0.220 e. The molecule has 0 saturated carbocycles. The molecule has 0 spiro atoms. The van der Waals surface area contributed by atoms with Crippen LogP contribution in [0.4, 0.5) is 0 Å². The number of hydrogen-bond donors (Lipinski definition) is 1. The van der Waals surface area contributed by atoms with Gasteiger partial charge in [0.15, 0.2) is 0 Å². The summed E-state index contributed by atoms with van der Waals surface area (Å²) in [5, 5.41) is 3.70. The number of hydrogen-bond acceptors (Lipinski definition) is 1. The van der Waals surface area contributed by atoms with Gasteiger partial charge in [0.2, 0.25) is 5.91 Å². The number of benzene rings is 1. The fourth-order valence-corrected chi connectivity index (χ4v) is 3.37. The molecule has 0 aliphatic rings. The van der Waals surface area contributed by atoms with Gasteiger partial charge >= 0.3 is 0 Å². The van der Waals surface area contributed by atoms with Crippen molar-refractivity contribution in [1.82, 2.24) is 5.32 Å². The van der Waals surface area contributed by atoms with E-state index in [9.17, 15) is 4.79 Å². The monoisotopic (exact) mass is 405 g/mol. The summed E-state index contributed by atoms with van der Waals surface area (Å²) in [6.07, 6.45) is 22.0. The van der Waals surface area contributed by atoms with E-state index in [1.165, 1.54) is 70.6 Å². The molecule has 1 amide bonds. The summed E-state index contributed by atoms with van der Waals surface area (Å²) in [4.78, 5) is 11.9. The van der Waals surface area contributed by atoms with Crippen LogP contribution in [0.15, 0.2) is 36.4 Å². The average Bonchev–Trinajstić information content (AvgIpc) is 2.70. The van der Waals surface area contributed by atoms with Crippen molar-refractivity contribution in [3.8, 4) is 0 Å². The fraction of sp³-hybridized carbons (Fsp3) is 0.640. The molecule has 0 bridgehead atoms. The second-order valence-corrected chi connectivity index (χ2v) is 8.17. The van der Waals surface area contributed by atoms with Crippen LogP contribution in [0, 0.1) is 0 Å². The molecule has 0 aromatic heterocycles. The first kappa shape index (κ1) is 24.8. The van der Waals surface area contributed by atoms with Crippen molar-refractivity contribution in [2.75, 3.05) is 0 Å². The van der Waals surface area contributed by atoms with Gasteiger partial charge in [0.05, 0.1) is 0 Å². The van der Waals surface area contributed by atoms with Gasteiger partial charge in [-0.05, 0) is 49.8 Å². The van der Waals surface area contributed by atoms with Gasteiger partial charge < -0.3 is 5.32 Å². The SMILES string of the molecule is CCCCCCCC/C=C\CCCCCCCC(=O)NCc1ccc(Cl)cc1. The highest BCUT2D eigenvalue weighted by Gasteiger charge is 2.01. The van der Waals surface area contributed by atoms with Gasteiger partial charge in [-0.2, -0.15) is 0 Å². The Morgan fingerprint density at radius 2 is 1.36 bits per heavy atom. The number of allylic oxidation sites excluding steroid dienone is 2. The quantitative estimate of drug-likeness (QED) is 0.206. The Morgan fingerprint density at radius 3 is 1.96 bits per heavy atom. The summed E-state index contributed by atoms with van der Waals surface area (Å²) in [5.41, 5.74) is 1.09. The van der Waals surface area contributed by atoms with Gasteiger partial charge in [0, 0.05) is 18.0 Å². The number of amides is 1. The van der Waals surface area contributed by atoms with Crippen LogP contribution in [0.25, 0.3) is 0 Å². The molecule has 0 radical (unpaired) electrons. The number of nitrogens with one attached hydrogen (secondary N) is 1. The minimum atomic E-state index is 0.146. The van der Waals surface area contributed by atoms with E-state index in [0.717, 1.165) is 23.4 Å². The molecule has 28 heavy (non-hydrogen) atoms. The van der Waals surface area contributed by atoms with Crippen LogP contribution in [0.2, 0.25) is 5.02 Å². The number of rotatable bonds is 17. The first-order valence-corrected chi connectivity index (χ1v) is 11.8. The molecular formula is C25H40ClNO. The van der Waals surface area contributed by atoms with Crippen LogP contribution in [0.1, 0.15) is 102 Å². The van der Waals surface area contributed by atoms with Crippen molar-refractivity contribution in [3.05, 3.63) is 47.0 Å². The van der Waals surface area contributed by atoms with Gasteiger partial charge in [-0.25, -0.2) is 0 Å². The minimum Gasteiger partial charge on any atom is -0.352 e. The van der Waals surface area contributed by atoms with Crippen LogP contribution < -0.4 is 5.32 Å². The lowest BCUT2D eigenvalue weighted by Gasteiger charge is -2.05. The molecule has 0 saturated heterocycles. The summed E-state index contributed by atoms with van der Waals surface area (Å²) in [5.74, 6) is 0.146. The molecule has 158 valence electrons. The normalized spacial score (nSPS) is 11.2. The molecule has 2 nitrogen and oxygen atoms in total. The van der Waals surface area contributed by atoms with E-state index in [1.54, 1.807) is 0 Å². The topological polar surface area (TPSA) is 29.1 Å². The standard InChI is InChI=1S/C25H40ClNO/c1-2-3-4-5-6-7-8-9-10-11-12-13-14-15-16-17-25(28)27-22-23-18-20-24(26)21-19-23/h9-10,18-21H,2-8,11-17,22H2,1H3,(H,27,28)/b10-9-. The molecule has 0 heterocycles. The van der Waals surface area contributed by atoms with Crippen LogP contribution >= 0.6 is 11.6 Å². The van der Waals surface area contributed by atoms with Gasteiger partial charge in [-0.1, -0.05) is 94.2 Å². The summed E-state index contributed by atoms with van der Waals surface area (Å²) < 4.78 is 0. The Hall–Kier alpha value is -1.28. The summed E-state index contributed by atoms with van der Waals surface area (Å²) in [7, 11) is 0. The summed E-state index contributed by atoms with van der Waals surface area (Å²) in [6, 6.07) is 7.61. The van der Waals surface area contributed by atoms with Crippen molar-refractivity contribution in [3.63, 3.8) is 0 Å². The van der Waals surface area contributed by atoms with Crippen molar-refractivity contribution >= 4 is 17.5 Å². The van der Waals surface area contributed by atoms with E-state index in [2.05, 4.69) is 24.4 Å². The van der Waals surface area contributed by atoms with E-state index in [-0.39, 0.29) is 5.91 Å². The Labute approximate surface area is 178 Å². The van der Waals surface area contributed by atoms with E-state index in [0.29, 0.717) is 13.0 Å². The maximum atomic E-state index is 11.9. The molecule has 0 atom stereocenters. The van der Waals surface area contributed by atoms with E-state index in [1.807, 2.05) is 24.3 Å². The molecular weight excluding hydrogens is 366 g/mol. The Morgan fingerprint density at radius 1 is 0.821 bits per heavy atom. The zero-order valence-corrected chi connectivity index (χ0v) is 18.6. The molecule has 1 aromatic carbocycles. The Balaban J connectivity index is 1.85. The molecule has 1 rings (SSSR count).